The number of non-ortho nitro benzene ring substituents is 1. The Balaban J connectivity index is 1.79. The Morgan fingerprint density at radius 3 is 2.96 bits per heavy atom. The number of nitro benzene ring substituents is 1. The van der Waals surface area contributed by atoms with E-state index in [2.05, 4.69) is 35.1 Å². The van der Waals surface area contributed by atoms with Crippen molar-refractivity contribution in [2.75, 3.05) is 25.0 Å². The van der Waals surface area contributed by atoms with E-state index in [1.807, 2.05) is 0 Å². The van der Waals surface area contributed by atoms with Gasteiger partial charge in [-0.05, 0) is 37.4 Å². The largest absolute Gasteiger partial charge is 0.368 e. The van der Waals surface area contributed by atoms with E-state index >= 15 is 0 Å². The topological polar surface area (TPSA) is 95.1 Å². The van der Waals surface area contributed by atoms with Crippen molar-refractivity contribution in [1.29, 1.82) is 5.26 Å². The van der Waals surface area contributed by atoms with Gasteiger partial charge < -0.3 is 5.32 Å². The molecule has 2 heterocycles. The number of nitro groups is 1. The van der Waals surface area contributed by atoms with Gasteiger partial charge >= 0.3 is 0 Å². The van der Waals surface area contributed by atoms with E-state index < -0.39 is 4.92 Å². The molecule has 7 heteroatoms. The van der Waals surface area contributed by atoms with Crippen LogP contribution in [-0.4, -0.2) is 40.5 Å². The first-order valence-electron chi connectivity index (χ1n) is 8.95. The van der Waals surface area contributed by atoms with Crippen LogP contribution >= 0.6 is 0 Å². The molecule has 1 aromatic carbocycles. The van der Waals surface area contributed by atoms with Gasteiger partial charge in [0.2, 0.25) is 0 Å². The molecule has 0 bridgehead atoms. The molecule has 1 N–H and O–H groups in total. The lowest BCUT2D eigenvalue weighted by Crippen LogP contribution is -2.37. The number of nitrogens with zero attached hydrogens (tertiary/aromatic N) is 4. The number of likely N-dealkylation sites (tertiary alicyclic amines) is 1. The standard InChI is InChI=1S/C19H23N5O2/c1-13(2)12-23-7-3-4-16(23)11-21-19-8-14(10-20)17-9-15(24(25)26)5-6-18(17)22-19/h5-6,8-9,13,16H,3-4,7,11-12H2,1-2H3,(H,21,22)/t16-/m1/s1. The number of nitriles is 1. The summed E-state index contributed by atoms with van der Waals surface area (Å²) in [5, 5.41) is 24.2. The van der Waals surface area contributed by atoms with Gasteiger partial charge in [0.05, 0.1) is 22.1 Å². The summed E-state index contributed by atoms with van der Waals surface area (Å²) in [6, 6.07) is 8.69. The Bertz CT molecular complexity index is 859. The lowest BCUT2D eigenvalue weighted by atomic mass is 10.1. The molecule has 1 saturated heterocycles. The van der Waals surface area contributed by atoms with Crippen molar-refractivity contribution in [3.8, 4) is 6.07 Å². The summed E-state index contributed by atoms with van der Waals surface area (Å²) in [5.41, 5.74) is 0.945. The number of fused-ring (bicyclic) bond motifs is 1. The molecule has 0 radical (unpaired) electrons. The maximum atomic E-state index is 11.0. The van der Waals surface area contributed by atoms with Crippen molar-refractivity contribution in [3.63, 3.8) is 0 Å². The van der Waals surface area contributed by atoms with E-state index in [9.17, 15) is 15.4 Å². The Kier molecular flexibility index (Phi) is 5.33. The third kappa shape index (κ3) is 3.92. The maximum absolute atomic E-state index is 11.0. The van der Waals surface area contributed by atoms with Gasteiger partial charge in [-0.3, -0.25) is 15.0 Å². The number of nitrogens with one attached hydrogen (secondary N) is 1. The molecule has 0 unspecified atom stereocenters. The minimum absolute atomic E-state index is 0.0354. The molecule has 26 heavy (non-hydrogen) atoms. The summed E-state index contributed by atoms with van der Waals surface area (Å²) in [4.78, 5) is 17.5. The van der Waals surface area contributed by atoms with Gasteiger partial charge in [0, 0.05) is 36.7 Å². The molecule has 2 aromatic rings. The minimum Gasteiger partial charge on any atom is -0.368 e. The summed E-state index contributed by atoms with van der Waals surface area (Å²) in [6.07, 6.45) is 2.36. The van der Waals surface area contributed by atoms with E-state index in [1.165, 1.54) is 18.6 Å². The summed E-state index contributed by atoms with van der Waals surface area (Å²) in [5.74, 6) is 1.27. The van der Waals surface area contributed by atoms with Crippen molar-refractivity contribution in [3.05, 3.63) is 39.9 Å². The molecule has 0 amide bonds. The Morgan fingerprint density at radius 2 is 2.27 bits per heavy atom. The average molecular weight is 353 g/mol. The van der Waals surface area contributed by atoms with E-state index in [1.54, 1.807) is 12.1 Å². The van der Waals surface area contributed by atoms with Crippen LogP contribution in [0.2, 0.25) is 0 Å². The minimum atomic E-state index is -0.462. The zero-order valence-electron chi connectivity index (χ0n) is 15.1. The average Bonchev–Trinajstić information content (AvgIpc) is 3.04. The van der Waals surface area contributed by atoms with Crippen LogP contribution in [0, 0.1) is 27.4 Å². The normalized spacial score (nSPS) is 17.5. The molecule has 7 nitrogen and oxygen atoms in total. The second-order valence-electron chi connectivity index (χ2n) is 7.19. The molecule has 1 fully saturated rings. The first-order valence-corrected chi connectivity index (χ1v) is 8.95. The fourth-order valence-corrected chi connectivity index (χ4v) is 3.57. The highest BCUT2D eigenvalue weighted by Crippen LogP contribution is 2.25. The third-order valence-electron chi connectivity index (χ3n) is 4.74. The van der Waals surface area contributed by atoms with E-state index in [4.69, 9.17) is 0 Å². The predicted octanol–water partition coefficient (Wildman–Crippen LogP) is 3.55. The van der Waals surface area contributed by atoms with E-state index in [0.717, 1.165) is 26.1 Å². The van der Waals surface area contributed by atoms with Gasteiger partial charge in [-0.25, -0.2) is 4.98 Å². The molecular weight excluding hydrogens is 330 g/mol. The number of aromatic nitrogens is 1. The molecular formula is C19H23N5O2. The third-order valence-corrected chi connectivity index (χ3v) is 4.74. The van der Waals surface area contributed by atoms with Crippen molar-refractivity contribution >= 4 is 22.4 Å². The van der Waals surface area contributed by atoms with Crippen LogP contribution in [0.1, 0.15) is 32.3 Å². The number of benzene rings is 1. The van der Waals surface area contributed by atoms with Gasteiger partial charge in [0.1, 0.15) is 5.82 Å². The zero-order valence-corrected chi connectivity index (χ0v) is 15.1. The van der Waals surface area contributed by atoms with Crippen LogP contribution < -0.4 is 5.32 Å². The van der Waals surface area contributed by atoms with Crippen LogP contribution in [0.25, 0.3) is 10.9 Å². The van der Waals surface area contributed by atoms with E-state index in [0.29, 0.717) is 34.2 Å². The molecule has 136 valence electrons. The Labute approximate surface area is 152 Å². The molecule has 0 aliphatic carbocycles. The monoisotopic (exact) mass is 353 g/mol. The fraction of sp³-hybridized carbons (Fsp3) is 0.474. The summed E-state index contributed by atoms with van der Waals surface area (Å²) < 4.78 is 0. The lowest BCUT2D eigenvalue weighted by molar-refractivity contribution is -0.384. The first kappa shape index (κ1) is 18.1. The summed E-state index contributed by atoms with van der Waals surface area (Å²) in [7, 11) is 0. The van der Waals surface area contributed by atoms with Crippen molar-refractivity contribution in [1.82, 2.24) is 9.88 Å². The Hall–Kier alpha value is -2.72. The van der Waals surface area contributed by atoms with Crippen LogP contribution in [0.3, 0.4) is 0 Å². The number of pyridine rings is 1. The quantitative estimate of drug-likeness (QED) is 0.630. The molecule has 0 saturated carbocycles. The molecule has 0 spiro atoms. The fourth-order valence-electron chi connectivity index (χ4n) is 3.57. The molecule has 1 aromatic heterocycles. The van der Waals surface area contributed by atoms with E-state index in [-0.39, 0.29) is 5.69 Å². The van der Waals surface area contributed by atoms with Gasteiger partial charge in [-0.15, -0.1) is 0 Å². The second kappa shape index (κ2) is 7.67. The lowest BCUT2D eigenvalue weighted by Gasteiger charge is -2.26. The predicted molar refractivity (Wildman–Crippen MR) is 101 cm³/mol. The first-order chi connectivity index (χ1) is 12.5. The second-order valence-corrected chi connectivity index (χ2v) is 7.19. The molecule has 3 rings (SSSR count). The summed E-state index contributed by atoms with van der Waals surface area (Å²) in [6.45, 7) is 7.45. The van der Waals surface area contributed by atoms with Crippen LogP contribution in [0.15, 0.2) is 24.3 Å². The van der Waals surface area contributed by atoms with Gasteiger partial charge in [0.25, 0.3) is 5.69 Å². The van der Waals surface area contributed by atoms with Crippen molar-refractivity contribution in [2.24, 2.45) is 5.92 Å². The zero-order chi connectivity index (χ0) is 18.7. The van der Waals surface area contributed by atoms with Crippen molar-refractivity contribution < 1.29 is 4.92 Å². The smallest absolute Gasteiger partial charge is 0.270 e. The van der Waals surface area contributed by atoms with Crippen LogP contribution in [-0.2, 0) is 0 Å². The number of anilines is 1. The van der Waals surface area contributed by atoms with Gasteiger partial charge in [0.15, 0.2) is 0 Å². The highest BCUT2D eigenvalue weighted by molar-refractivity contribution is 5.88. The van der Waals surface area contributed by atoms with Crippen LogP contribution in [0.5, 0.6) is 0 Å². The molecule has 1 atom stereocenters. The number of rotatable bonds is 6. The number of hydrogen-bond acceptors (Lipinski definition) is 6. The van der Waals surface area contributed by atoms with Gasteiger partial charge in [-0.1, -0.05) is 13.8 Å². The Morgan fingerprint density at radius 1 is 1.46 bits per heavy atom. The summed E-state index contributed by atoms with van der Waals surface area (Å²) >= 11 is 0. The van der Waals surface area contributed by atoms with Crippen molar-refractivity contribution in [2.45, 2.75) is 32.7 Å². The van der Waals surface area contributed by atoms with Crippen LogP contribution in [0.4, 0.5) is 11.5 Å². The highest BCUT2D eigenvalue weighted by Gasteiger charge is 2.24. The molecule has 1 aliphatic rings. The molecule has 1 aliphatic heterocycles. The number of hydrogen-bond donors (Lipinski definition) is 1. The maximum Gasteiger partial charge on any atom is 0.270 e. The SMILES string of the molecule is CC(C)CN1CCC[C@@H]1CNc1cc(C#N)c2cc([N+](=O)[O-])ccc2n1. The van der Waals surface area contributed by atoms with Gasteiger partial charge in [-0.2, -0.15) is 5.26 Å². The highest BCUT2D eigenvalue weighted by atomic mass is 16.6.